The van der Waals surface area contributed by atoms with Crippen molar-refractivity contribution >= 4 is 11.8 Å². The molecular weight excluding hydrogens is 336 g/mol. The molecular formula is C21H26N6. The molecule has 0 radical (unpaired) electrons. The summed E-state index contributed by atoms with van der Waals surface area (Å²) in [5.74, 6) is 1.45. The van der Waals surface area contributed by atoms with Crippen LogP contribution in [-0.4, -0.2) is 47.0 Å². The van der Waals surface area contributed by atoms with Crippen molar-refractivity contribution in [3.05, 3.63) is 66.5 Å². The molecule has 27 heavy (non-hydrogen) atoms. The van der Waals surface area contributed by atoms with Crippen molar-refractivity contribution in [3.63, 3.8) is 0 Å². The maximum Gasteiger partial charge on any atom is 0.225 e. The van der Waals surface area contributed by atoms with Crippen molar-refractivity contribution in [2.75, 3.05) is 37.8 Å². The third-order valence-electron chi connectivity index (χ3n) is 4.08. The Hall–Kier alpha value is -2.99. The zero-order chi connectivity index (χ0) is 18.9. The molecule has 1 aromatic carbocycles. The smallest absolute Gasteiger partial charge is 0.225 e. The highest BCUT2D eigenvalue weighted by Crippen LogP contribution is 2.21. The van der Waals surface area contributed by atoms with Gasteiger partial charge in [-0.05, 0) is 44.8 Å². The molecule has 3 aromatic rings. The minimum atomic E-state index is 0.646. The molecule has 0 amide bonds. The molecule has 0 aliphatic heterocycles. The predicted octanol–water partition coefficient (Wildman–Crippen LogP) is 3.51. The molecule has 6 nitrogen and oxygen atoms in total. The van der Waals surface area contributed by atoms with Gasteiger partial charge in [-0.1, -0.05) is 30.3 Å². The summed E-state index contributed by atoms with van der Waals surface area (Å²) in [6.07, 6.45) is 4.62. The molecule has 140 valence electrons. The van der Waals surface area contributed by atoms with Crippen molar-refractivity contribution in [1.29, 1.82) is 0 Å². The molecule has 2 heterocycles. The molecule has 0 saturated carbocycles. The summed E-state index contributed by atoms with van der Waals surface area (Å²) in [4.78, 5) is 15.5. The van der Waals surface area contributed by atoms with Crippen LogP contribution in [-0.2, 0) is 6.54 Å². The van der Waals surface area contributed by atoms with Gasteiger partial charge >= 0.3 is 0 Å². The second kappa shape index (κ2) is 9.64. The normalized spacial score (nSPS) is 10.8. The molecule has 0 aliphatic carbocycles. The number of rotatable bonds is 9. The van der Waals surface area contributed by atoms with E-state index in [1.165, 1.54) is 0 Å². The molecule has 0 unspecified atom stereocenters. The van der Waals surface area contributed by atoms with Crippen LogP contribution in [0.15, 0.2) is 60.9 Å². The van der Waals surface area contributed by atoms with Crippen molar-refractivity contribution in [1.82, 2.24) is 19.9 Å². The first-order valence-electron chi connectivity index (χ1n) is 9.16. The molecule has 0 aliphatic rings. The summed E-state index contributed by atoms with van der Waals surface area (Å²) < 4.78 is 0. The molecule has 0 spiro atoms. The Morgan fingerprint density at radius 2 is 1.70 bits per heavy atom. The monoisotopic (exact) mass is 362 g/mol. The topological polar surface area (TPSA) is 66.0 Å². The quantitative estimate of drug-likeness (QED) is 0.568. The van der Waals surface area contributed by atoms with Crippen LogP contribution in [0.25, 0.3) is 11.3 Å². The SMILES string of the molecule is CN(C)CCCNc1nc(NCc2ccncc2)cc(-c2ccccc2)n1. The lowest BCUT2D eigenvalue weighted by molar-refractivity contribution is 0.405. The maximum atomic E-state index is 4.69. The van der Waals surface area contributed by atoms with Crippen LogP contribution in [0.4, 0.5) is 11.8 Å². The van der Waals surface area contributed by atoms with Crippen LogP contribution in [0.2, 0.25) is 0 Å². The summed E-state index contributed by atoms with van der Waals surface area (Å²) in [7, 11) is 4.15. The number of hydrogen-bond acceptors (Lipinski definition) is 6. The summed E-state index contributed by atoms with van der Waals surface area (Å²) >= 11 is 0. The first kappa shape index (κ1) is 18.8. The van der Waals surface area contributed by atoms with Gasteiger partial charge in [-0.2, -0.15) is 4.98 Å². The lowest BCUT2D eigenvalue weighted by Gasteiger charge is -2.13. The zero-order valence-corrected chi connectivity index (χ0v) is 15.9. The highest BCUT2D eigenvalue weighted by atomic mass is 15.1. The molecule has 2 aromatic heterocycles. The van der Waals surface area contributed by atoms with Crippen LogP contribution in [0.1, 0.15) is 12.0 Å². The van der Waals surface area contributed by atoms with Crippen LogP contribution in [0.5, 0.6) is 0 Å². The third kappa shape index (κ3) is 6.04. The van der Waals surface area contributed by atoms with Crippen molar-refractivity contribution in [3.8, 4) is 11.3 Å². The third-order valence-corrected chi connectivity index (χ3v) is 4.08. The zero-order valence-electron chi connectivity index (χ0n) is 15.9. The fourth-order valence-corrected chi connectivity index (χ4v) is 2.66. The van der Waals surface area contributed by atoms with Gasteiger partial charge < -0.3 is 15.5 Å². The second-order valence-corrected chi connectivity index (χ2v) is 6.62. The summed E-state index contributed by atoms with van der Waals surface area (Å²) in [5, 5.41) is 6.74. The highest BCUT2D eigenvalue weighted by molar-refractivity contribution is 5.64. The number of pyridine rings is 1. The molecule has 3 rings (SSSR count). The van der Waals surface area contributed by atoms with Crippen molar-refractivity contribution in [2.45, 2.75) is 13.0 Å². The van der Waals surface area contributed by atoms with Gasteiger partial charge in [0.2, 0.25) is 5.95 Å². The molecule has 0 bridgehead atoms. The lowest BCUT2D eigenvalue weighted by Crippen LogP contribution is -2.17. The van der Waals surface area contributed by atoms with Gasteiger partial charge in [0, 0.05) is 37.1 Å². The molecule has 2 N–H and O–H groups in total. The van der Waals surface area contributed by atoms with Crippen LogP contribution in [0.3, 0.4) is 0 Å². The summed E-state index contributed by atoms with van der Waals surface area (Å²) in [5.41, 5.74) is 3.13. The minimum absolute atomic E-state index is 0.646. The highest BCUT2D eigenvalue weighted by Gasteiger charge is 2.07. The molecule has 0 fully saturated rings. The second-order valence-electron chi connectivity index (χ2n) is 6.62. The number of hydrogen-bond donors (Lipinski definition) is 2. The molecule has 6 heteroatoms. The number of benzene rings is 1. The largest absolute Gasteiger partial charge is 0.366 e. The number of nitrogens with one attached hydrogen (secondary N) is 2. The van der Waals surface area contributed by atoms with Crippen molar-refractivity contribution < 1.29 is 0 Å². The average Bonchev–Trinajstić information content (AvgIpc) is 2.71. The standard InChI is InChI=1S/C21H26N6/c1-27(2)14-6-11-23-21-25-19(18-7-4-3-5-8-18)15-20(26-21)24-16-17-9-12-22-13-10-17/h3-5,7-10,12-13,15H,6,11,14,16H2,1-2H3,(H2,23,24,25,26). The van der Waals surface area contributed by atoms with E-state index >= 15 is 0 Å². The lowest BCUT2D eigenvalue weighted by atomic mass is 10.1. The first-order chi connectivity index (χ1) is 13.2. The molecule has 0 saturated heterocycles. The van der Waals surface area contributed by atoms with E-state index < -0.39 is 0 Å². The van der Waals surface area contributed by atoms with E-state index in [-0.39, 0.29) is 0 Å². The predicted molar refractivity (Wildman–Crippen MR) is 111 cm³/mol. The van der Waals surface area contributed by atoms with Crippen LogP contribution < -0.4 is 10.6 Å². The Morgan fingerprint density at radius 1 is 0.926 bits per heavy atom. The summed E-state index contributed by atoms with van der Waals surface area (Å²) in [6, 6.07) is 16.1. The van der Waals surface area contributed by atoms with Gasteiger partial charge in [0.05, 0.1) is 5.69 Å². The number of aromatic nitrogens is 3. The molecule has 0 atom stereocenters. The Bertz CT molecular complexity index is 821. The number of anilines is 2. The Kier molecular flexibility index (Phi) is 6.71. The Labute approximate surface area is 160 Å². The van der Waals surface area contributed by atoms with Gasteiger partial charge in [-0.15, -0.1) is 0 Å². The van der Waals surface area contributed by atoms with E-state index in [4.69, 9.17) is 0 Å². The van der Waals surface area contributed by atoms with E-state index in [0.717, 1.165) is 42.1 Å². The van der Waals surface area contributed by atoms with E-state index in [0.29, 0.717) is 12.5 Å². The van der Waals surface area contributed by atoms with E-state index in [1.807, 2.05) is 36.4 Å². The van der Waals surface area contributed by atoms with E-state index in [9.17, 15) is 0 Å². The van der Waals surface area contributed by atoms with Gasteiger partial charge in [-0.25, -0.2) is 4.98 Å². The van der Waals surface area contributed by atoms with Gasteiger partial charge in [0.1, 0.15) is 5.82 Å². The summed E-state index contributed by atoms with van der Waals surface area (Å²) in [6.45, 7) is 2.55. The van der Waals surface area contributed by atoms with E-state index in [1.54, 1.807) is 12.4 Å². The fourth-order valence-electron chi connectivity index (χ4n) is 2.66. The van der Waals surface area contributed by atoms with E-state index in [2.05, 4.69) is 56.7 Å². The Balaban J connectivity index is 1.75. The van der Waals surface area contributed by atoms with Gasteiger partial charge in [0.15, 0.2) is 0 Å². The van der Waals surface area contributed by atoms with Crippen LogP contribution >= 0.6 is 0 Å². The van der Waals surface area contributed by atoms with Gasteiger partial charge in [0.25, 0.3) is 0 Å². The van der Waals surface area contributed by atoms with Gasteiger partial charge in [-0.3, -0.25) is 4.98 Å². The maximum absolute atomic E-state index is 4.69. The minimum Gasteiger partial charge on any atom is -0.366 e. The van der Waals surface area contributed by atoms with Crippen LogP contribution in [0, 0.1) is 0 Å². The Morgan fingerprint density at radius 3 is 2.44 bits per heavy atom. The number of nitrogens with zero attached hydrogens (tertiary/aromatic N) is 4. The van der Waals surface area contributed by atoms with Crippen molar-refractivity contribution in [2.24, 2.45) is 0 Å². The first-order valence-corrected chi connectivity index (χ1v) is 9.16. The fraction of sp³-hybridized carbons (Fsp3) is 0.286. The average molecular weight is 362 g/mol.